The third kappa shape index (κ3) is 23.3. The first kappa shape index (κ1) is 81.4. The Labute approximate surface area is 692 Å². The molecule has 32 heteroatoms. The van der Waals surface area contributed by atoms with E-state index in [1.165, 1.54) is 0 Å². The smallest absolute Gasteiger partial charge is 0.224 e. The molecule has 4 aliphatic heterocycles. The van der Waals surface area contributed by atoms with Gasteiger partial charge < -0.3 is 40.9 Å². The summed E-state index contributed by atoms with van der Waals surface area (Å²) in [5.74, 6) is 3.64. The van der Waals surface area contributed by atoms with Crippen molar-refractivity contribution in [3.8, 4) is 0 Å². The summed E-state index contributed by atoms with van der Waals surface area (Å²) in [6, 6.07) is 39.1. The quantitative estimate of drug-likeness (QED) is 0.0365. The topological polar surface area (TPSA) is 229 Å². The molecule has 24 nitrogen and oxygen atoms in total. The zero-order valence-corrected chi connectivity index (χ0v) is 68.4. The summed E-state index contributed by atoms with van der Waals surface area (Å²) in [5, 5.41) is 22.6. The summed E-state index contributed by atoms with van der Waals surface area (Å²) in [7, 11) is 0. The van der Waals surface area contributed by atoms with Gasteiger partial charge >= 0.3 is 0 Å². The summed E-state index contributed by atoms with van der Waals surface area (Å²) < 4.78 is 0. The fourth-order valence-corrected chi connectivity index (χ4v) is 15.4. The number of fused-ring (bicyclic) bond motifs is 4. The van der Waals surface area contributed by atoms with Crippen molar-refractivity contribution in [2.45, 2.75) is 26.7 Å². The predicted octanol–water partition coefficient (Wildman–Crippen LogP) is 15.7. The van der Waals surface area contributed by atoms with Crippen molar-refractivity contribution < 1.29 is 0 Å². The third-order valence-corrected chi connectivity index (χ3v) is 21.5. The van der Waals surface area contributed by atoms with Gasteiger partial charge in [0.05, 0.1) is 22.1 Å². The van der Waals surface area contributed by atoms with Gasteiger partial charge in [0.25, 0.3) is 0 Å². The molecule has 12 heterocycles. The first-order valence-corrected chi connectivity index (χ1v) is 40.6. The van der Waals surface area contributed by atoms with E-state index >= 15 is 0 Å². The van der Waals surface area contributed by atoms with Gasteiger partial charge in [0.2, 0.25) is 21.1 Å². The van der Waals surface area contributed by atoms with Crippen molar-refractivity contribution in [3.63, 3.8) is 0 Å². The molecule has 4 saturated heterocycles. The zero-order valence-electron chi connectivity index (χ0n) is 62.4. The Morgan fingerprint density at radius 1 is 0.268 bits per heavy atom. The molecule has 0 bridgehead atoms. The third-order valence-electron chi connectivity index (χ3n) is 19.9. The maximum Gasteiger partial charge on any atom is 0.224 e. The highest BCUT2D eigenvalue weighted by atomic mass is 35.5. The number of pyridine rings is 4. The fourth-order valence-electron chi connectivity index (χ4n) is 14.0. The molecular formula is C80H88Cl8N24. The Morgan fingerprint density at radius 2 is 0.536 bits per heavy atom. The van der Waals surface area contributed by atoms with E-state index in [9.17, 15) is 0 Å². The monoisotopic (exact) mass is 1660 g/mol. The van der Waals surface area contributed by atoms with Crippen molar-refractivity contribution in [1.29, 1.82) is 0 Å². The minimum atomic E-state index is 0.296. The highest BCUT2D eigenvalue weighted by molar-refractivity contribution is 6.33. The number of rotatable bonds is 22. The molecule has 0 aliphatic carbocycles. The molecule has 0 spiro atoms. The number of aryl methyl sites for hydroxylation is 2. The lowest BCUT2D eigenvalue weighted by atomic mass is 10.2. The van der Waals surface area contributed by atoms with E-state index in [2.05, 4.69) is 120 Å². The highest BCUT2D eigenvalue weighted by Crippen LogP contribution is 2.30. The first-order valence-electron chi connectivity index (χ1n) is 37.6. The van der Waals surface area contributed by atoms with Crippen molar-refractivity contribution in [1.82, 2.24) is 79.4 Å². The number of piperazine rings is 4. The van der Waals surface area contributed by atoms with Crippen molar-refractivity contribution in [3.05, 3.63) is 211 Å². The molecule has 584 valence electrons. The molecule has 4 N–H and O–H groups in total. The van der Waals surface area contributed by atoms with Gasteiger partial charge in [-0.1, -0.05) is 46.4 Å². The van der Waals surface area contributed by atoms with Crippen LogP contribution in [0.25, 0.3) is 43.6 Å². The second-order valence-electron chi connectivity index (χ2n) is 27.4. The molecule has 0 saturated carbocycles. The minimum Gasteiger partial charge on any atom is -0.384 e. The maximum atomic E-state index is 6.07. The van der Waals surface area contributed by atoms with Crippen LogP contribution in [0.5, 0.6) is 0 Å². The molecule has 8 aromatic heterocycles. The molecular weight excluding hydrogens is 1580 g/mol. The van der Waals surface area contributed by atoms with Crippen molar-refractivity contribution in [2.24, 2.45) is 0 Å². The number of hydrogen-bond donors (Lipinski definition) is 4. The van der Waals surface area contributed by atoms with Crippen LogP contribution in [0.4, 0.5) is 46.0 Å². The normalized spacial score (nSPS) is 15.2. The van der Waals surface area contributed by atoms with E-state index in [4.69, 9.17) is 92.8 Å². The number of halogens is 8. The lowest BCUT2D eigenvalue weighted by Crippen LogP contribution is -2.48. The summed E-state index contributed by atoms with van der Waals surface area (Å²) in [5.41, 5.74) is 9.83. The Kier molecular flexibility index (Phi) is 29.4. The van der Waals surface area contributed by atoms with Crippen LogP contribution >= 0.6 is 92.8 Å². The van der Waals surface area contributed by atoms with Crippen molar-refractivity contribution in [2.75, 3.05) is 198 Å². The van der Waals surface area contributed by atoms with Gasteiger partial charge in [0, 0.05) is 269 Å². The largest absolute Gasteiger partial charge is 0.384 e. The molecule has 4 aromatic carbocycles. The Hall–Kier alpha value is -8.60. The number of aromatic nitrogens is 12. The van der Waals surface area contributed by atoms with Crippen LogP contribution in [0, 0.1) is 13.8 Å². The molecule has 0 amide bonds. The van der Waals surface area contributed by atoms with Gasteiger partial charge in [-0.3, -0.25) is 39.5 Å². The lowest BCUT2D eigenvalue weighted by Gasteiger charge is -2.35. The predicted molar refractivity (Wildman–Crippen MR) is 462 cm³/mol. The second kappa shape index (κ2) is 40.4. The van der Waals surface area contributed by atoms with Crippen LogP contribution in [0.3, 0.4) is 0 Å². The summed E-state index contributed by atoms with van der Waals surface area (Å²) >= 11 is 48.0. The SMILES string of the molecule is Cc1cc(N2CCN(CCCNc3ccnc4cc(Cl)ccc34)CC2)nc(Cl)n1.Cc1cc(N2CCN(CCNc3ccnc4cc(Cl)ccc34)CC2)nc(Cl)n1.Clc1ccc2c(NCCCN3CCN(c4ccnc(Cl)n4)CC3)ccnc2c1.Clc1ccc2c(NCCN3CCN(c4ccnc(Cl)n4)CC3)ccnc2c1. The summed E-state index contributed by atoms with van der Waals surface area (Å²) in [6.45, 7) is 27.2. The Morgan fingerprint density at radius 3 is 0.830 bits per heavy atom. The zero-order chi connectivity index (χ0) is 77.7. The number of nitrogens with zero attached hydrogens (tertiary/aromatic N) is 20. The number of nitrogens with one attached hydrogen (secondary N) is 4. The average molecular weight is 1670 g/mol. The average Bonchev–Trinajstić information content (AvgIpc) is 0.741. The molecule has 0 atom stereocenters. The van der Waals surface area contributed by atoms with Crippen LogP contribution in [-0.2, 0) is 0 Å². The minimum absolute atomic E-state index is 0.296. The summed E-state index contributed by atoms with van der Waals surface area (Å²) in [6.07, 6.45) is 12.8. The van der Waals surface area contributed by atoms with Gasteiger partial charge in [-0.25, -0.2) is 39.9 Å². The number of anilines is 8. The Balaban J connectivity index is 0.000000131. The second-order valence-corrected chi connectivity index (χ2v) is 30.5. The van der Waals surface area contributed by atoms with Gasteiger partial charge in [-0.15, -0.1) is 0 Å². The van der Waals surface area contributed by atoms with E-state index in [1.54, 1.807) is 12.4 Å². The molecule has 12 aromatic rings. The van der Waals surface area contributed by atoms with E-state index in [-0.39, 0.29) is 0 Å². The number of benzene rings is 4. The van der Waals surface area contributed by atoms with Crippen LogP contribution in [0.15, 0.2) is 159 Å². The molecule has 112 heavy (non-hydrogen) atoms. The Bertz CT molecular complexity index is 5040. The lowest BCUT2D eigenvalue weighted by molar-refractivity contribution is 0.256. The fraction of sp³-hybridized carbons (Fsp3) is 0.350. The molecule has 0 radical (unpaired) electrons. The van der Waals surface area contributed by atoms with Crippen LogP contribution < -0.4 is 40.9 Å². The van der Waals surface area contributed by atoms with E-state index in [0.717, 1.165) is 271 Å². The van der Waals surface area contributed by atoms with Gasteiger partial charge in [0.15, 0.2) is 0 Å². The summed E-state index contributed by atoms with van der Waals surface area (Å²) in [4.78, 5) is 70.0. The standard InChI is InChI=1S/C21H24Cl2N6.2C20H22Cl2N6.C19H20Cl2N6/c1-15-13-20(27-21(23)26-15)29-11-9-28(10-12-29)8-2-6-24-18-5-7-25-19-14-16(22)3-4-17(18)19;21-15-2-3-16-17(4-7-24-18(16)14-15)23-6-1-9-27-10-12-28(13-11-27)19-5-8-25-20(22)26-19;1-14-12-19(26-20(22)25-14)28-10-8-27(9-11-28)7-6-24-17-4-5-23-18-13-15(21)2-3-16(17)18;20-14-1-2-15-16(3-5-22-17(15)13-14)23-7-8-26-9-11-27(12-10-26)18-4-6-24-19(21)25-18/h3-5,7,13-14H,2,6,8-12H2,1H3,(H,24,25);2-5,7-8,14H,1,6,9-13H2,(H,23,24);2-5,12-13H,6-11H2,1H3,(H,23,24);1-6,13H,7-12H2,(H,22,23). The molecule has 4 aliphatic rings. The van der Waals surface area contributed by atoms with Gasteiger partial charge in [-0.05, 0) is 195 Å². The highest BCUT2D eigenvalue weighted by Gasteiger charge is 2.23. The van der Waals surface area contributed by atoms with Gasteiger partial charge in [0.1, 0.15) is 23.3 Å². The molecule has 0 unspecified atom stereocenters. The van der Waals surface area contributed by atoms with Crippen LogP contribution in [-0.4, -0.2) is 236 Å². The van der Waals surface area contributed by atoms with Crippen LogP contribution in [0.2, 0.25) is 41.2 Å². The van der Waals surface area contributed by atoms with E-state index in [1.807, 2.05) is 160 Å². The number of hydrogen-bond acceptors (Lipinski definition) is 24. The van der Waals surface area contributed by atoms with Crippen molar-refractivity contribution >= 4 is 182 Å². The molecule has 4 fully saturated rings. The van der Waals surface area contributed by atoms with E-state index in [0.29, 0.717) is 41.2 Å². The van der Waals surface area contributed by atoms with Gasteiger partial charge in [-0.2, -0.15) is 0 Å². The molecule has 16 rings (SSSR count). The maximum absolute atomic E-state index is 6.07. The first-order chi connectivity index (χ1) is 54.5. The van der Waals surface area contributed by atoms with E-state index < -0.39 is 0 Å². The van der Waals surface area contributed by atoms with Crippen LogP contribution in [0.1, 0.15) is 24.2 Å².